The van der Waals surface area contributed by atoms with Gasteiger partial charge in [-0.15, -0.1) is 0 Å². The molecule has 0 bridgehead atoms. The van der Waals surface area contributed by atoms with E-state index in [-0.39, 0.29) is 29.6 Å². The molecule has 2 atom stereocenters. The number of carbonyl (C=O) groups is 1. The quantitative estimate of drug-likeness (QED) is 0.449. The van der Waals surface area contributed by atoms with E-state index in [4.69, 9.17) is 4.74 Å². The van der Waals surface area contributed by atoms with Crippen molar-refractivity contribution in [3.63, 3.8) is 0 Å². The number of aliphatic carboxylic acids is 1. The van der Waals surface area contributed by atoms with Crippen molar-refractivity contribution in [2.75, 3.05) is 0 Å². The molecule has 3 nitrogen and oxygen atoms in total. The van der Waals surface area contributed by atoms with Crippen molar-refractivity contribution in [2.24, 2.45) is 0 Å². The van der Waals surface area contributed by atoms with Crippen molar-refractivity contribution in [1.82, 2.24) is 0 Å². The van der Waals surface area contributed by atoms with E-state index in [1.54, 1.807) is 0 Å². The molecule has 0 aromatic heterocycles. The zero-order valence-corrected chi connectivity index (χ0v) is 10.8. The fraction of sp³-hybridized carbons (Fsp3) is 0.300. The van der Waals surface area contributed by atoms with Crippen molar-refractivity contribution in [2.45, 2.75) is 18.4 Å². The SMILES string of the molecule is O=C([O-])C1OC1c1ccc(C(F)(F)F)cc1.[Na+]. The Morgan fingerprint density at radius 3 is 2.12 bits per heavy atom. The van der Waals surface area contributed by atoms with Crippen LogP contribution in [0.1, 0.15) is 17.2 Å². The summed E-state index contributed by atoms with van der Waals surface area (Å²) in [7, 11) is 0. The number of carboxylic acid groups (broad SMARTS) is 1. The van der Waals surface area contributed by atoms with E-state index in [9.17, 15) is 23.1 Å². The van der Waals surface area contributed by atoms with E-state index >= 15 is 0 Å². The molecule has 0 amide bonds. The van der Waals surface area contributed by atoms with Gasteiger partial charge < -0.3 is 14.6 Å². The van der Waals surface area contributed by atoms with Crippen LogP contribution in [0.25, 0.3) is 0 Å². The summed E-state index contributed by atoms with van der Waals surface area (Å²) in [6.45, 7) is 0. The zero-order chi connectivity index (χ0) is 11.9. The molecule has 0 aliphatic carbocycles. The van der Waals surface area contributed by atoms with Gasteiger partial charge in [0.05, 0.1) is 11.5 Å². The van der Waals surface area contributed by atoms with Gasteiger partial charge >= 0.3 is 35.7 Å². The molecule has 0 radical (unpaired) electrons. The first-order valence-electron chi connectivity index (χ1n) is 4.43. The van der Waals surface area contributed by atoms with E-state index in [0.717, 1.165) is 12.1 Å². The minimum absolute atomic E-state index is 0. The monoisotopic (exact) mass is 254 g/mol. The molecule has 1 aromatic carbocycles. The van der Waals surface area contributed by atoms with E-state index in [1.807, 2.05) is 0 Å². The van der Waals surface area contributed by atoms with Gasteiger partial charge in [0, 0.05) is 0 Å². The van der Waals surface area contributed by atoms with Gasteiger partial charge in [-0.3, -0.25) is 0 Å². The first-order valence-corrected chi connectivity index (χ1v) is 4.43. The van der Waals surface area contributed by atoms with Crippen LogP contribution in [0.5, 0.6) is 0 Å². The van der Waals surface area contributed by atoms with Crippen molar-refractivity contribution in [3.05, 3.63) is 35.4 Å². The van der Waals surface area contributed by atoms with Crippen LogP contribution in [-0.4, -0.2) is 12.1 Å². The van der Waals surface area contributed by atoms with Crippen LogP contribution in [0.2, 0.25) is 0 Å². The molecule has 0 spiro atoms. The summed E-state index contributed by atoms with van der Waals surface area (Å²) in [6.07, 6.45) is -6.12. The Hall–Kier alpha value is -0.560. The maximum Gasteiger partial charge on any atom is 1.00 e. The number of epoxide rings is 1. The van der Waals surface area contributed by atoms with Crippen LogP contribution < -0.4 is 34.7 Å². The summed E-state index contributed by atoms with van der Waals surface area (Å²) in [5, 5.41) is 10.4. The fourth-order valence-corrected chi connectivity index (χ4v) is 1.41. The molecule has 0 N–H and O–H groups in total. The minimum atomic E-state index is -4.39. The molecule has 1 aliphatic heterocycles. The predicted molar refractivity (Wildman–Crippen MR) is 44.1 cm³/mol. The summed E-state index contributed by atoms with van der Waals surface area (Å²) in [6, 6.07) is 4.19. The number of carboxylic acids is 1. The van der Waals surface area contributed by atoms with Gasteiger partial charge in [-0.25, -0.2) is 0 Å². The molecule has 1 aromatic rings. The molecule has 2 unspecified atom stereocenters. The molecule has 17 heavy (non-hydrogen) atoms. The largest absolute Gasteiger partial charge is 1.00 e. The third-order valence-corrected chi connectivity index (χ3v) is 2.29. The summed E-state index contributed by atoms with van der Waals surface area (Å²) in [5.41, 5.74) is -0.371. The molecule has 1 fully saturated rings. The Kier molecular flexibility index (Phi) is 4.24. The average Bonchev–Trinajstić information content (AvgIpc) is 2.96. The Bertz CT molecular complexity index is 416. The third kappa shape index (κ3) is 3.22. The maximum atomic E-state index is 12.2. The topological polar surface area (TPSA) is 52.7 Å². The predicted octanol–water partition coefficient (Wildman–Crippen LogP) is -2.10. The van der Waals surface area contributed by atoms with Gasteiger partial charge in [-0.2, -0.15) is 13.2 Å². The van der Waals surface area contributed by atoms with Gasteiger partial charge in [-0.05, 0) is 17.7 Å². The molecule has 0 saturated carbocycles. The molecule has 1 heterocycles. The molecule has 86 valence electrons. The van der Waals surface area contributed by atoms with Gasteiger partial charge in [0.25, 0.3) is 0 Å². The van der Waals surface area contributed by atoms with Crippen molar-refractivity contribution in [1.29, 1.82) is 0 Å². The molecule has 2 rings (SSSR count). The summed E-state index contributed by atoms with van der Waals surface area (Å²) in [5.74, 6) is -1.36. The Balaban J connectivity index is 0.00000144. The van der Waals surface area contributed by atoms with Crippen molar-refractivity contribution < 1.29 is 57.4 Å². The number of benzene rings is 1. The van der Waals surface area contributed by atoms with E-state index in [1.165, 1.54) is 12.1 Å². The number of alkyl halides is 3. The molecule has 1 aliphatic rings. The van der Waals surface area contributed by atoms with Crippen LogP contribution >= 0.6 is 0 Å². The number of carbonyl (C=O) groups excluding carboxylic acids is 1. The first kappa shape index (κ1) is 14.5. The molecular formula is C10H6F3NaO3. The fourth-order valence-electron chi connectivity index (χ4n) is 1.41. The van der Waals surface area contributed by atoms with Crippen molar-refractivity contribution >= 4 is 5.97 Å². The summed E-state index contributed by atoms with van der Waals surface area (Å²) < 4.78 is 41.4. The second-order valence-corrected chi connectivity index (χ2v) is 3.42. The number of ether oxygens (including phenoxy) is 1. The zero-order valence-electron chi connectivity index (χ0n) is 8.82. The maximum absolute atomic E-state index is 12.2. The standard InChI is InChI=1S/C10H7F3O3.Na/c11-10(12,13)6-3-1-5(2-4-6)7-8(16-7)9(14)15;/h1-4,7-8H,(H,14,15);/q;+1/p-1. The van der Waals surface area contributed by atoms with Gasteiger partial charge in [0.15, 0.2) is 0 Å². The van der Waals surface area contributed by atoms with Crippen LogP contribution in [0.3, 0.4) is 0 Å². The number of halogens is 3. The normalized spacial score (nSPS) is 22.8. The summed E-state index contributed by atoms with van der Waals surface area (Å²) in [4.78, 5) is 10.4. The van der Waals surface area contributed by atoms with Gasteiger partial charge in [0.1, 0.15) is 12.2 Å². The smallest absolute Gasteiger partial charge is 0.547 e. The van der Waals surface area contributed by atoms with Crippen LogP contribution in [0.4, 0.5) is 13.2 Å². The van der Waals surface area contributed by atoms with E-state index < -0.39 is 29.9 Å². The Morgan fingerprint density at radius 1 is 1.24 bits per heavy atom. The molecule has 7 heteroatoms. The number of rotatable bonds is 2. The Labute approximate surface area is 117 Å². The van der Waals surface area contributed by atoms with Crippen molar-refractivity contribution in [3.8, 4) is 0 Å². The second-order valence-electron chi connectivity index (χ2n) is 3.42. The van der Waals surface area contributed by atoms with Gasteiger partial charge in [-0.1, -0.05) is 12.1 Å². The number of hydrogen-bond acceptors (Lipinski definition) is 3. The number of hydrogen-bond donors (Lipinski definition) is 0. The molecule has 1 saturated heterocycles. The van der Waals surface area contributed by atoms with E-state index in [0.29, 0.717) is 5.56 Å². The van der Waals surface area contributed by atoms with Crippen LogP contribution in [-0.2, 0) is 15.7 Å². The van der Waals surface area contributed by atoms with E-state index in [2.05, 4.69) is 0 Å². The Morgan fingerprint density at radius 2 is 1.76 bits per heavy atom. The first-order chi connectivity index (χ1) is 7.39. The van der Waals surface area contributed by atoms with Gasteiger partial charge in [0.2, 0.25) is 0 Å². The van der Waals surface area contributed by atoms with Crippen LogP contribution in [0, 0.1) is 0 Å². The summed E-state index contributed by atoms with van der Waals surface area (Å²) >= 11 is 0. The minimum Gasteiger partial charge on any atom is -0.547 e. The van der Waals surface area contributed by atoms with Crippen LogP contribution in [0.15, 0.2) is 24.3 Å². The molecular weight excluding hydrogens is 248 g/mol. The third-order valence-electron chi connectivity index (χ3n) is 2.29. The second kappa shape index (κ2) is 4.97. The average molecular weight is 254 g/mol.